The summed E-state index contributed by atoms with van der Waals surface area (Å²) < 4.78 is 14.1. The molecule has 1 saturated carbocycles. The Labute approximate surface area is 141 Å². The van der Waals surface area contributed by atoms with Crippen LogP contribution in [-0.2, 0) is 0 Å². The van der Waals surface area contributed by atoms with Crippen LogP contribution in [0.15, 0.2) is 23.2 Å². The fraction of sp³-hybridized carbons (Fsp3) is 0.562. The summed E-state index contributed by atoms with van der Waals surface area (Å²) in [5, 5.41) is 7.17. The third-order valence-corrected chi connectivity index (χ3v) is 5.52. The van der Waals surface area contributed by atoms with Crippen LogP contribution in [0.1, 0.15) is 31.7 Å². The minimum absolute atomic E-state index is 0.112. The van der Waals surface area contributed by atoms with Gasteiger partial charge in [-0.2, -0.15) is 11.8 Å². The Hall–Kier alpha value is -0.940. The first-order valence-electron chi connectivity index (χ1n) is 7.34. The largest absolute Gasteiger partial charge is 0.355 e. The van der Waals surface area contributed by atoms with Crippen LogP contribution < -0.4 is 10.6 Å². The van der Waals surface area contributed by atoms with Gasteiger partial charge in [0.15, 0.2) is 5.96 Å². The van der Waals surface area contributed by atoms with E-state index in [1.807, 2.05) is 0 Å². The van der Waals surface area contributed by atoms with Crippen LogP contribution in [0, 0.1) is 5.82 Å². The zero-order valence-electron chi connectivity index (χ0n) is 13.4. The second-order valence-electron chi connectivity index (χ2n) is 6.12. The van der Waals surface area contributed by atoms with Crippen LogP contribution in [0.2, 0.25) is 5.02 Å². The van der Waals surface area contributed by atoms with Gasteiger partial charge in [-0.15, -0.1) is 0 Å². The number of benzene rings is 1. The lowest BCUT2D eigenvalue weighted by atomic mass is 10.1. The second-order valence-corrected chi connectivity index (χ2v) is 8.04. The smallest absolute Gasteiger partial charge is 0.191 e. The molecule has 0 amide bonds. The Morgan fingerprint density at radius 2 is 2.23 bits per heavy atom. The van der Waals surface area contributed by atoms with E-state index in [1.165, 1.54) is 6.07 Å². The number of thioether (sulfide) groups is 1. The van der Waals surface area contributed by atoms with Gasteiger partial charge in [-0.05, 0) is 38.7 Å². The van der Waals surface area contributed by atoms with Crippen molar-refractivity contribution in [3.8, 4) is 0 Å². The quantitative estimate of drug-likeness (QED) is 0.633. The number of nitrogens with zero attached hydrogens (tertiary/aromatic N) is 1. The summed E-state index contributed by atoms with van der Waals surface area (Å²) in [4.78, 5) is 4.24. The van der Waals surface area contributed by atoms with Gasteiger partial charge in [0.1, 0.15) is 5.82 Å². The maximum Gasteiger partial charge on any atom is 0.191 e. The van der Waals surface area contributed by atoms with Gasteiger partial charge >= 0.3 is 0 Å². The molecule has 122 valence electrons. The molecule has 0 heterocycles. The molecular weight excluding hydrogens is 321 g/mol. The summed E-state index contributed by atoms with van der Waals surface area (Å²) in [6.45, 7) is 5.17. The lowest BCUT2D eigenvalue weighted by Gasteiger charge is -2.23. The van der Waals surface area contributed by atoms with Crippen molar-refractivity contribution in [2.24, 2.45) is 4.99 Å². The van der Waals surface area contributed by atoms with Crippen molar-refractivity contribution in [3.63, 3.8) is 0 Å². The van der Waals surface area contributed by atoms with E-state index in [2.05, 4.69) is 35.7 Å². The topological polar surface area (TPSA) is 36.4 Å². The van der Waals surface area contributed by atoms with Gasteiger partial charge in [0, 0.05) is 40.9 Å². The van der Waals surface area contributed by atoms with Crippen LogP contribution in [0.5, 0.6) is 0 Å². The average molecular weight is 344 g/mol. The van der Waals surface area contributed by atoms with E-state index in [9.17, 15) is 4.39 Å². The zero-order chi connectivity index (χ0) is 16.3. The van der Waals surface area contributed by atoms with Crippen LogP contribution in [-0.4, -0.2) is 36.6 Å². The van der Waals surface area contributed by atoms with Gasteiger partial charge < -0.3 is 10.6 Å². The normalized spacial score (nSPS) is 21.6. The first kappa shape index (κ1) is 17.4. The molecule has 2 N–H and O–H groups in total. The summed E-state index contributed by atoms with van der Waals surface area (Å²) in [6, 6.07) is 5.02. The fourth-order valence-electron chi connectivity index (χ4n) is 2.28. The molecule has 2 atom stereocenters. The number of aliphatic imine (C=N–C) groups is 1. The van der Waals surface area contributed by atoms with Gasteiger partial charge in [0.25, 0.3) is 0 Å². The number of nitrogens with one attached hydrogen (secondary N) is 2. The van der Waals surface area contributed by atoms with Crippen LogP contribution in [0.25, 0.3) is 0 Å². The van der Waals surface area contributed by atoms with Gasteiger partial charge in [-0.1, -0.05) is 17.7 Å². The highest BCUT2D eigenvalue weighted by Gasteiger charge is 2.42. The Balaban J connectivity index is 1.93. The monoisotopic (exact) mass is 343 g/mol. The third kappa shape index (κ3) is 4.29. The van der Waals surface area contributed by atoms with Crippen molar-refractivity contribution < 1.29 is 4.39 Å². The van der Waals surface area contributed by atoms with E-state index in [1.54, 1.807) is 30.9 Å². The fourth-order valence-corrected chi connectivity index (χ4v) is 2.80. The van der Waals surface area contributed by atoms with Crippen LogP contribution >= 0.6 is 23.4 Å². The van der Waals surface area contributed by atoms with Crippen molar-refractivity contribution in [2.45, 2.75) is 37.0 Å². The Morgan fingerprint density at radius 1 is 1.50 bits per heavy atom. The molecule has 6 heteroatoms. The number of hydrogen-bond donors (Lipinski definition) is 2. The molecule has 3 nitrogen and oxygen atoms in total. The summed E-state index contributed by atoms with van der Waals surface area (Å²) in [5.74, 6) is 0.635. The van der Waals surface area contributed by atoms with Gasteiger partial charge in [-0.3, -0.25) is 4.99 Å². The zero-order valence-corrected chi connectivity index (χ0v) is 15.0. The van der Waals surface area contributed by atoms with E-state index in [0.29, 0.717) is 10.6 Å². The van der Waals surface area contributed by atoms with Crippen molar-refractivity contribution in [1.82, 2.24) is 10.6 Å². The molecule has 0 aliphatic heterocycles. The highest BCUT2D eigenvalue weighted by molar-refractivity contribution is 7.99. The number of hydrogen-bond acceptors (Lipinski definition) is 2. The number of halogens is 2. The average Bonchev–Trinajstić information content (AvgIpc) is 3.22. The maximum absolute atomic E-state index is 13.9. The van der Waals surface area contributed by atoms with Crippen molar-refractivity contribution in [2.75, 3.05) is 19.8 Å². The molecule has 1 fully saturated rings. The summed E-state index contributed by atoms with van der Waals surface area (Å²) >= 11 is 7.93. The maximum atomic E-state index is 13.9. The SMILES string of the molecule is CN=C(NCC(C)(C)SC)NC1CC1c1c(F)cccc1Cl. The van der Waals surface area contributed by atoms with E-state index in [-0.39, 0.29) is 22.5 Å². The minimum Gasteiger partial charge on any atom is -0.355 e. The van der Waals surface area contributed by atoms with Crippen LogP contribution in [0.4, 0.5) is 4.39 Å². The molecule has 0 bridgehead atoms. The summed E-state index contributed by atoms with van der Waals surface area (Å²) in [5.41, 5.74) is 0.613. The molecule has 0 radical (unpaired) electrons. The van der Waals surface area contributed by atoms with Gasteiger partial charge in [-0.25, -0.2) is 4.39 Å². The molecule has 0 saturated heterocycles. The lowest BCUT2D eigenvalue weighted by molar-refractivity contribution is 0.607. The molecule has 1 aliphatic carbocycles. The Morgan fingerprint density at radius 3 is 2.82 bits per heavy atom. The molecular formula is C16H23ClFN3S. The van der Waals surface area contributed by atoms with Gasteiger partial charge in [0.2, 0.25) is 0 Å². The van der Waals surface area contributed by atoms with E-state index in [4.69, 9.17) is 11.6 Å². The standard InChI is InChI=1S/C16H23ClFN3S/c1-16(2,22-4)9-20-15(19-3)21-13-8-10(13)14-11(17)6-5-7-12(14)18/h5-7,10,13H,8-9H2,1-4H3,(H2,19,20,21). The third-order valence-electron chi connectivity index (χ3n) is 3.94. The predicted molar refractivity (Wildman–Crippen MR) is 94.6 cm³/mol. The van der Waals surface area contributed by atoms with Crippen molar-refractivity contribution in [3.05, 3.63) is 34.6 Å². The molecule has 0 spiro atoms. The first-order chi connectivity index (χ1) is 10.4. The molecule has 22 heavy (non-hydrogen) atoms. The van der Waals surface area contributed by atoms with Gasteiger partial charge in [0.05, 0.1) is 0 Å². The van der Waals surface area contributed by atoms with E-state index >= 15 is 0 Å². The lowest BCUT2D eigenvalue weighted by Crippen LogP contribution is -2.44. The first-order valence-corrected chi connectivity index (χ1v) is 8.94. The molecule has 2 unspecified atom stereocenters. The van der Waals surface area contributed by atoms with E-state index in [0.717, 1.165) is 18.9 Å². The Bertz CT molecular complexity index is 542. The summed E-state index contributed by atoms with van der Waals surface area (Å²) in [6.07, 6.45) is 2.96. The molecule has 1 aromatic rings. The predicted octanol–water partition coefficient (Wildman–Crippen LogP) is 3.64. The Kier molecular flexibility index (Phi) is 5.61. The molecule has 1 aliphatic rings. The molecule has 2 rings (SSSR count). The van der Waals surface area contributed by atoms with Crippen LogP contribution in [0.3, 0.4) is 0 Å². The number of guanidine groups is 1. The molecule has 0 aromatic heterocycles. The second kappa shape index (κ2) is 7.09. The number of rotatable bonds is 5. The van der Waals surface area contributed by atoms with Crippen molar-refractivity contribution in [1.29, 1.82) is 0 Å². The highest BCUT2D eigenvalue weighted by atomic mass is 35.5. The molecule has 1 aromatic carbocycles. The summed E-state index contributed by atoms with van der Waals surface area (Å²) in [7, 11) is 1.74. The van der Waals surface area contributed by atoms with Crippen molar-refractivity contribution >= 4 is 29.3 Å². The minimum atomic E-state index is -0.228. The van der Waals surface area contributed by atoms with E-state index < -0.39 is 0 Å². The highest BCUT2D eigenvalue weighted by Crippen LogP contribution is 2.44.